The summed E-state index contributed by atoms with van der Waals surface area (Å²) in [5, 5.41) is 6.83. The lowest BCUT2D eigenvalue weighted by Gasteiger charge is -2.34. The van der Waals surface area contributed by atoms with Crippen LogP contribution in [0.2, 0.25) is 0 Å². The number of nitrogens with one attached hydrogen (secondary N) is 1. The minimum Gasteiger partial charge on any atom is -0.280 e. The third kappa shape index (κ3) is 1.97. The lowest BCUT2D eigenvalue weighted by Crippen LogP contribution is -2.46. The number of rotatable bonds is 1. The van der Waals surface area contributed by atoms with Crippen molar-refractivity contribution in [3.63, 3.8) is 0 Å². The zero-order chi connectivity index (χ0) is 12.8. The molecule has 0 radical (unpaired) electrons. The highest BCUT2D eigenvalue weighted by atomic mass is 16.2. The average molecular weight is 235 g/mol. The third-order valence-electron chi connectivity index (χ3n) is 3.07. The number of H-pyrrole nitrogens is 1. The van der Waals surface area contributed by atoms with E-state index in [4.69, 9.17) is 0 Å². The summed E-state index contributed by atoms with van der Waals surface area (Å²) >= 11 is 0. The maximum Gasteiger partial charge on any atom is 0.234 e. The van der Waals surface area contributed by atoms with Crippen molar-refractivity contribution >= 4 is 17.5 Å². The molecule has 17 heavy (non-hydrogen) atoms. The molecular formula is C12H17N3O2. The van der Waals surface area contributed by atoms with E-state index in [0.717, 1.165) is 5.69 Å². The van der Waals surface area contributed by atoms with Gasteiger partial charge in [-0.1, -0.05) is 13.8 Å². The van der Waals surface area contributed by atoms with E-state index < -0.39 is 0 Å². The standard InChI is InChI=1S/C12H17N3O2/c1-7-11(8(2)14-13-7)15-9(16)5-12(3,4)6-10(15)17/h5-6H2,1-4H3,(H,13,14). The first-order valence-electron chi connectivity index (χ1n) is 5.69. The maximum absolute atomic E-state index is 12.1. The second-order valence-electron chi connectivity index (χ2n) is 5.42. The van der Waals surface area contributed by atoms with Crippen LogP contribution in [0.3, 0.4) is 0 Å². The Labute approximate surface area is 100 Å². The van der Waals surface area contributed by atoms with Gasteiger partial charge in [0.2, 0.25) is 11.8 Å². The Bertz CT molecular complexity index is 448. The predicted molar refractivity (Wildman–Crippen MR) is 63.6 cm³/mol. The molecule has 1 aliphatic rings. The van der Waals surface area contributed by atoms with Crippen molar-refractivity contribution in [3.05, 3.63) is 11.4 Å². The normalized spacial score (nSPS) is 19.9. The zero-order valence-corrected chi connectivity index (χ0v) is 10.6. The molecule has 1 aliphatic heterocycles. The molecule has 1 aromatic rings. The van der Waals surface area contributed by atoms with Crippen LogP contribution >= 0.6 is 0 Å². The van der Waals surface area contributed by atoms with E-state index in [-0.39, 0.29) is 17.2 Å². The van der Waals surface area contributed by atoms with E-state index >= 15 is 0 Å². The first kappa shape index (κ1) is 11.8. The smallest absolute Gasteiger partial charge is 0.234 e. The molecule has 0 atom stereocenters. The van der Waals surface area contributed by atoms with Crippen LogP contribution in [-0.4, -0.2) is 22.0 Å². The lowest BCUT2D eigenvalue weighted by molar-refractivity contribution is -0.132. The Hall–Kier alpha value is -1.65. The number of hydrogen-bond donors (Lipinski definition) is 1. The molecule has 0 unspecified atom stereocenters. The quantitative estimate of drug-likeness (QED) is 0.753. The molecule has 1 N–H and O–H groups in total. The van der Waals surface area contributed by atoms with Gasteiger partial charge in [0.1, 0.15) is 0 Å². The SMILES string of the molecule is Cc1n[nH]c(C)c1N1C(=O)CC(C)(C)CC1=O. The van der Waals surface area contributed by atoms with Gasteiger partial charge in [0.05, 0.1) is 17.1 Å². The number of carbonyl (C=O) groups is 2. The van der Waals surface area contributed by atoms with Crippen molar-refractivity contribution < 1.29 is 9.59 Å². The van der Waals surface area contributed by atoms with Crippen molar-refractivity contribution in [1.29, 1.82) is 0 Å². The summed E-state index contributed by atoms with van der Waals surface area (Å²) in [5.41, 5.74) is 1.82. The Kier molecular flexibility index (Phi) is 2.56. The van der Waals surface area contributed by atoms with Crippen LogP contribution in [0.25, 0.3) is 0 Å². The van der Waals surface area contributed by atoms with Crippen LogP contribution in [0.4, 0.5) is 5.69 Å². The zero-order valence-electron chi connectivity index (χ0n) is 10.6. The van der Waals surface area contributed by atoms with E-state index in [1.807, 2.05) is 20.8 Å². The van der Waals surface area contributed by atoms with Crippen molar-refractivity contribution in [3.8, 4) is 0 Å². The molecule has 1 fully saturated rings. The molecule has 0 saturated carbocycles. The third-order valence-corrected chi connectivity index (χ3v) is 3.07. The van der Waals surface area contributed by atoms with Crippen LogP contribution in [-0.2, 0) is 9.59 Å². The topological polar surface area (TPSA) is 66.1 Å². The van der Waals surface area contributed by atoms with Gasteiger partial charge >= 0.3 is 0 Å². The van der Waals surface area contributed by atoms with Gasteiger partial charge in [0.25, 0.3) is 0 Å². The van der Waals surface area contributed by atoms with Gasteiger partial charge in [-0.3, -0.25) is 14.7 Å². The highest BCUT2D eigenvalue weighted by Gasteiger charge is 2.39. The fourth-order valence-electron chi connectivity index (χ4n) is 2.30. The Morgan fingerprint density at radius 2 is 1.71 bits per heavy atom. The molecule has 92 valence electrons. The molecule has 0 aliphatic carbocycles. The number of aromatic amines is 1. The summed E-state index contributed by atoms with van der Waals surface area (Å²) in [7, 11) is 0. The molecule has 2 amide bonds. The van der Waals surface area contributed by atoms with Crippen LogP contribution in [0.1, 0.15) is 38.1 Å². The molecule has 0 aromatic carbocycles. The van der Waals surface area contributed by atoms with Gasteiger partial charge in [0, 0.05) is 12.8 Å². The van der Waals surface area contributed by atoms with E-state index in [1.54, 1.807) is 6.92 Å². The molecule has 5 nitrogen and oxygen atoms in total. The fourth-order valence-corrected chi connectivity index (χ4v) is 2.30. The average Bonchev–Trinajstić information content (AvgIpc) is 2.46. The molecule has 5 heteroatoms. The molecule has 2 heterocycles. The molecule has 1 saturated heterocycles. The number of aryl methyl sites for hydroxylation is 2. The minimum absolute atomic E-state index is 0.140. The van der Waals surface area contributed by atoms with E-state index in [0.29, 0.717) is 24.2 Å². The molecular weight excluding hydrogens is 218 g/mol. The Morgan fingerprint density at radius 3 is 2.12 bits per heavy atom. The summed E-state index contributed by atoms with van der Waals surface area (Å²) in [6.07, 6.45) is 0.783. The van der Waals surface area contributed by atoms with Crippen molar-refractivity contribution in [2.24, 2.45) is 5.41 Å². The number of hydrogen-bond acceptors (Lipinski definition) is 3. The van der Waals surface area contributed by atoms with Crippen LogP contribution in [0, 0.1) is 19.3 Å². The number of piperidine rings is 1. The first-order valence-corrected chi connectivity index (χ1v) is 5.69. The van der Waals surface area contributed by atoms with Gasteiger partial charge in [-0.05, 0) is 19.3 Å². The summed E-state index contributed by atoms with van der Waals surface area (Å²) in [5.74, 6) is -0.280. The highest BCUT2D eigenvalue weighted by molar-refractivity contribution is 6.17. The first-order chi connectivity index (χ1) is 7.82. The summed E-state index contributed by atoms with van der Waals surface area (Å²) < 4.78 is 0. The van der Waals surface area contributed by atoms with Crippen molar-refractivity contribution in [2.45, 2.75) is 40.5 Å². The van der Waals surface area contributed by atoms with Gasteiger partial charge in [-0.2, -0.15) is 5.10 Å². The predicted octanol–water partition coefficient (Wildman–Crippen LogP) is 1.71. The maximum atomic E-state index is 12.1. The summed E-state index contributed by atoms with van der Waals surface area (Å²) in [6.45, 7) is 7.49. The number of carbonyl (C=O) groups excluding carboxylic acids is 2. The largest absolute Gasteiger partial charge is 0.280 e. The van der Waals surface area contributed by atoms with E-state index in [1.165, 1.54) is 4.90 Å². The fraction of sp³-hybridized carbons (Fsp3) is 0.583. The van der Waals surface area contributed by atoms with Crippen LogP contribution in [0.5, 0.6) is 0 Å². The second-order valence-corrected chi connectivity index (χ2v) is 5.42. The number of amides is 2. The molecule has 0 bridgehead atoms. The minimum atomic E-state index is -0.240. The number of anilines is 1. The Morgan fingerprint density at radius 1 is 1.18 bits per heavy atom. The van der Waals surface area contributed by atoms with Crippen LogP contribution < -0.4 is 4.90 Å². The molecule has 0 spiro atoms. The van der Waals surface area contributed by atoms with Gasteiger partial charge < -0.3 is 0 Å². The van der Waals surface area contributed by atoms with E-state index in [9.17, 15) is 9.59 Å². The van der Waals surface area contributed by atoms with Crippen molar-refractivity contribution in [1.82, 2.24) is 10.2 Å². The monoisotopic (exact) mass is 235 g/mol. The molecule has 2 rings (SSSR count). The summed E-state index contributed by atoms with van der Waals surface area (Å²) in [4.78, 5) is 25.5. The van der Waals surface area contributed by atoms with Gasteiger partial charge in [-0.25, -0.2) is 4.90 Å². The van der Waals surface area contributed by atoms with Gasteiger partial charge in [0.15, 0.2) is 0 Å². The van der Waals surface area contributed by atoms with E-state index in [2.05, 4.69) is 10.2 Å². The number of nitrogens with zero attached hydrogens (tertiary/aromatic N) is 2. The van der Waals surface area contributed by atoms with Crippen LogP contribution in [0.15, 0.2) is 0 Å². The Balaban J connectivity index is 2.41. The lowest BCUT2D eigenvalue weighted by atomic mass is 9.81. The highest BCUT2D eigenvalue weighted by Crippen LogP contribution is 2.35. The molecule has 1 aromatic heterocycles. The second kappa shape index (κ2) is 3.68. The number of aromatic nitrogens is 2. The summed E-state index contributed by atoms with van der Waals surface area (Å²) in [6, 6.07) is 0. The van der Waals surface area contributed by atoms with Gasteiger partial charge in [-0.15, -0.1) is 0 Å². The van der Waals surface area contributed by atoms with Crippen molar-refractivity contribution in [2.75, 3.05) is 4.90 Å². The number of imide groups is 1.